The second-order valence-electron chi connectivity index (χ2n) is 4.69. The van der Waals surface area contributed by atoms with E-state index in [-0.39, 0.29) is 5.92 Å². The first-order valence-corrected chi connectivity index (χ1v) is 6.42. The second kappa shape index (κ2) is 7.67. The number of anilines is 1. The van der Waals surface area contributed by atoms with Crippen molar-refractivity contribution in [2.45, 2.75) is 26.8 Å². The van der Waals surface area contributed by atoms with Crippen LogP contribution in [0, 0.1) is 17.2 Å². The van der Waals surface area contributed by atoms with Crippen LogP contribution in [0.5, 0.6) is 0 Å². The molecule has 1 rings (SSSR count). The van der Waals surface area contributed by atoms with Crippen LogP contribution in [0.1, 0.15) is 26.0 Å². The van der Waals surface area contributed by atoms with Crippen LogP contribution in [-0.4, -0.2) is 30.0 Å². The van der Waals surface area contributed by atoms with Crippen LogP contribution in [0.15, 0.2) is 18.3 Å². The van der Waals surface area contributed by atoms with Crippen LogP contribution < -0.4 is 5.32 Å². The highest BCUT2D eigenvalue weighted by Crippen LogP contribution is 2.10. The number of aromatic nitrogens is 1. The molecule has 1 aromatic heterocycles. The zero-order valence-electron chi connectivity index (χ0n) is 11.5. The molecule has 0 saturated carbocycles. The Hall–Kier alpha value is -1.60. The van der Waals surface area contributed by atoms with Gasteiger partial charge in [-0.05, 0) is 32.5 Å². The van der Waals surface area contributed by atoms with E-state index in [4.69, 9.17) is 5.26 Å². The molecule has 1 heterocycles. The molecule has 0 fully saturated rings. The molecule has 0 aromatic carbocycles. The minimum absolute atomic E-state index is 0.0522. The van der Waals surface area contributed by atoms with E-state index in [1.54, 1.807) is 0 Å². The average Bonchev–Trinajstić information content (AvgIpc) is 2.36. The standard InChI is InChI=1S/C14H22N4/c1-4-6-16-13-5-7-17-14(8-13)11-18(3)10-12(2)9-15/h5,7-8,12H,4,6,10-11H2,1-3H3,(H,16,17). The van der Waals surface area contributed by atoms with E-state index in [9.17, 15) is 0 Å². The normalized spacial score (nSPS) is 12.2. The molecule has 0 aliphatic rings. The molecule has 4 heteroatoms. The van der Waals surface area contributed by atoms with Crippen LogP contribution in [-0.2, 0) is 6.54 Å². The van der Waals surface area contributed by atoms with Gasteiger partial charge in [0.25, 0.3) is 0 Å². The van der Waals surface area contributed by atoms with Crippen LogP contribution in [0.2, 0.25) is 0 Å². The van der Waals surface area contributed by atoms with E-state index in [1.165, 1.54) is 0 Å². The number of hydrogen-bond donors (Lipinski definition) is 1. The summed E-state index contributed by atoms with van der Waals surface area (Å²) >= 11 is 0. The fourth-order valence-electron chi connectivity index (χ4n) is 1.79. The fraction of sp³-hybridized carbons (Fsp3) is 0.571. The van der Waals surface area contributed by atoms with Gasteiger partial charge in [0, 0.05) is 31.5 Å². The van der Waals surface area contributed by atoms with E-state index in [1.807, 2.05) is 26.2 Å². The third-order valence-corrected chi connectivity index (χ3v) is 2.63. The Balaban J connectivity index is 2.53. The van der Waals surface area contributed by atoms with E-state index in [0.29, 0.717) is 0 Å². The van der Waals surface area contributed by atoms with Crippen molar-refractivity contribution in [2.75, 3.05) is 25.5 Å². The summed E-state index contributed by atoms with van der Waals surface area (Å²) < 4.78 is 0. The van der Waals surface area contributed by atoms with Crippen molar-refractivity contribution in [3.8, 4) is 6.07 Å². The summed E-state index contributed by atoms with van der Waals surface area (Å²) in [7, 11) is 2.02. The number of pyridine rings is 1. The Labute approximate surface area is 110 Å². The zero-order valence-corrected chi connectivity index (χ0v) is 11.5. The highest BCUT2D eigenvalue weighted by molar-refractivity contribution is 5.43. The van der Waals surface area contributed by atoms with Crippen molar-refractivity contribution >= 4 is 5.69 Å². The Morgan fingerprint density at radius 3 is 3.00 bits per heavy atom. The third-order valence-electron chi connectivity index (χ3n) is 2.63. The van der Waals surface area contributed by atoms with Crippen molar-refractivity contribution in [1.29, 1.82) is 5.26 Å². The molecule has 0 radical (unpaired) electrons. The van der Waals surface area contributed by atoms with Gasteiger partial charge in [0.15, 0.2) is 0 Å². The maximum Gasteiger partial charge on any atom is 0.0666 e. The van der Waals surface area contributed by atoms with Gasteiger partial charge < -0.3 is 5.32 Å². The van der Waals surface area contributed by atoms with Gasteiger partial charge in [0.2, 0.25) is 0 Å². The van der Waals surface area contributed by atoms with E-state index >= 15 is 0 Å². The average molecular weight is 246 g/mol. The van der Waals surface area contributed by atoms with Gasteiger partial charge in [0.05, 0.1) is 17.7 Å². The maximum absolute atomic E-state index is 8.79. The molecule has 0 saturated heterocycles. The van der Waals surface area contributed by atoms with Crippen molar-refractivity contribution in [3.05, 3.63) is 24.0 Å². The van der Waals surface area contributed by atoms with Gasteiger partial charge in [-0.1, -0.05) is 6.92 Å². The summed E-state index contributed by atoms with van der Waals surface area (Å²) in [5.74, 6) is 0.0522. The molecule has 0 bridgehead atoms. The maximum atomic E-state index is 8.79. The predicted octanol–water partition coefficient (Wildman–Crippen LogP) is 2.49. The Morgan fingerprint density at radius 1 is 1.56 bits per heavy atom. The summed E-state index contributed by atoms with van der Waals surface area (Å²) in [6.45, 7) is 6.60. The molecule has 98 valence electrons. The molecular weight excluding hydrogens is 224 g/mol. The first kappa shape index (κ1) is 14.5. The van der Waals surface area contributed by atoms with Crippen molar-refractivity contribution in [3.63, 3.8) is 0 Å². The highest BCUT2D eigenvalue weighted by atomic mass is 15.1. The largest absolute Gasteiger partial charge is 0.385 e. The van der Waals surface area contributed by atoms with Crippen LogP contribution in [0.4, 0.5) is 5.69 Å². The number of hydrogen-bond acceptors (Lipinski definition) is 4. The first-order chi connectivity index (χ1) is 8.65. The molecule has 0 aliphatic carbocycles. The number of nitriles is 1. The molecule has 4 nitrogen and oxygen atoms in total. The lowest BCUT2D eigenvalue weighted by Gasteiger charge is -2.17. The van der Waals surface area contributed by atoms with Crippen molar-refractivity contribution in [2.24, 2.45) is 5.92 Å². The summed E-state index contributed by atoms with van der Waals surface area (Å²) in [6, 6.07) is 6.30. The molecular formula is C14H22N4. The Kier molecular flexibility index (Phi) is 6.16. The number of nitrogens with one attached hydrogen (secondary N) is 1. The van der Waals surface area contributed by atoms with Crippen molar-refractivity contribution in [1.82, 2.24) is 9.88 Å². The van der Waals surface area contributed by atoms with Gasteiger partial charge in [-0.15, -0.1) is 0 Å². The van der Waals surface area contributed by atoms with Crippen molar-refractivity contribution < 1.29 is 0 Å². The van der Waals surface area contributed by atoms with E-state index in [0.717, 1.165) is 37.4 Å². The Bertz CT molecular complexity index is 397. The topological polar surface area (TPSA) is 52.0 Å². The fourth-order valence-corrected chi connectivity index (χ4v) is 1.79. The lowest BCUT2D eigenvalue weighted by atomic mass is 10.2. The molecule has 1 unspecified atom stereocenters. The van der Waals surface area contributed by atoms with Crippen LogP contribution in [0.25, 0.3) is 0 Å². The smallest absolute Gasteiger partial charge is 0.0666 e. The van der Waals surface area contributed by atoms with Crippen LogP contribution in [0.3, 0.4) is 0 Å². The molecule has 0 aliphatic heterocycles. The number of rotatable bonds is 7. The van der Waals surface area contributed by atoms with Gasteiger partial charge in [0.1, 0.15) is 0 Å². The van der Waals surface area contributed by atoms with E-state index < -0.39 is 0 Å². The molecule has 1 N–H and O–H groups in total. The highest BCUT2D eigenvalue weighted by Gasteiger charge is 2.06. The van der Waals surface area contributed by atoms with Gasteiger partial charge in [-0.2, -0.15) is 5.26 Å². The third kappa shape index (κ3) is 5.15. The lowest BCUT2D eigenvalue weighted by molar-refractivity contribution is 0.300. The van der Waals surface area contributed by atoms with Crippen LogP contribution >= 0.6 is 0 Å². The number of nitrogens with zero attached hydrogens (tertiary/aromatic N) is 3. The van der Waals surface area contributed by atoms with Gasteiger partial charge in [-0.25, -0.2) is 0 Å². The monoisotopic (exact) mass is 246 g/mol. The zero-order chi connectivity index (χ0) is 13.4. The minimum atomic E-state index is 0.0522. The summed E-state index contributed by atoms with van der Waals surface area (Å²) in [4.78, 5) is 6.48. The van der Waals surface area contributed by atoms with Gasteiger partial charge in [-0.3, -0.25) is 9.88 Å². The summed E-state index contributed by atoms with van der Waals surface area (Å²) in [6.07, 6.45) is 2.94. The molecule has 18 heavy (non-hydrogen) atoms. The Morgan fingerprint density at radius 2 is 2.33 bits per heavy atom. The van der Waals surface area contributed by atoms with E-state index in [2.05, 4.69) is 34.3 Å². The molecule has 1 aromatic rings. The summed E-state index contributed by atoms with van der Waals surface area (Å²) in [5, 5.41) is 12.1. The predicted molar refractivity (Wildman–Crippen MR) is 74.1 cm³/mol. The molecule has 0 amide bonds. The minimum Gasteiger partial charge on any atom is -0.385 e. The first-order valence-electron chi connectivity index (χ1n) is 6.42. The summed E-state index contributed by atoms with van der Waals surface area (Å²) in [5.41, 5.74) is 2.15. The molecule has 0 spiro atoms. The lowest BCUT2D eigenvalue weighted by Crippen LogP contribution is -2.23. The van der Waals surface area contributed by atoms with Gasteiger partial charge >= 0.3 is 0 Å². The second-order valence-corrected chi connectivity index (χ2v) is 4.69. The quantitative estimate of drug-likeness (QED) is 0.803. The molecule has 1 atom stereocenters. The SMILES string of the molecule is CCCNc1ccnc(CN(C)CC(C)C#N)c1.